The molecule has 0 aliphatic heterocycles. The normalized spacial score (nSPS) is 41.2. The summed E-state index contributed by atoms with van der Waals surface area (Å²) < 4.78 is 0. The number of hydrogen-bond donors (Lipinski definition) is 1. The molecule has 10 heavy (non-hydrogen) atoms. The topological polar surface area (TPSA) is 20.2 Å². The molecule has 58 valence electrons. The van der Waals surface area contributed by atoms with Crippen LogP contribution in [0.1, 0.15) is 27.2 Å². The zero-order chi connectivity index (χ0) is 7.72. The van der Waals surface area contributed by atoms with E-state index in [0.29, 0.717) is 11.8 Å². The van der Waals surface area contributed by atoms with Crippen molar-refractivity contribution in [3.05, 3.63) is 11.6 Å². The summed E-state index contributed by atoms with van der Waals surface area (Å²) in [7, 11) is 0. The first-order valence-corrected chi connectivity index (χ1v) is 3.96. The van der Waals surface area contributed by atoms with Crippen molar-refractivity contribution in [1.82, 2.24) is 0 Å². The Labute approximate surface area is 62.8 Å². The molecular formula is C9H16O. The van der Waals surface area contributed by atoms with Crippen LogP contribution in [0.3, 0.4) is 0 Å². The summed E-state index contributed by atoms with van der Waals surface area (Å²) in [6.07, 6.45) is 3.11. The van der Waals surface area contributed by atoms with Crippen molar-refractivity contribution in [3.63, 3.8) is 0 Å². The summed E-state index contributed by atoms with van der Waals surface area (Å²) in [5.41, 5.74) is 1.42. The van der Waals surface area contributed by atoms with Gasteiger partial charge in [0.2, 0.25) is 0 Å². The molecule has 0 aromatic rings. The Balaban J connectivity index is 2.69. The number of allylic oxidation sites excluding steroid dienone is 1. The van der Waals surface area contributed by atoms with E-state index in [0.717, 1.165) is 6.42 Å². The molecule has 1 aliphatic rings. The van der Waals surface area contributed by atoms with Gasteiger partial charge < -0.3 is 5.11 Å². The van der Waals surface area contributed by atoms with Gasteiger partial charge in [-0.2, -0.15) is 0 Å². The molecule has 1 rings (SSSR count). The van der Waals surface area contributed by atoms with Crippen molar-refractivity contribution in [2.24, 2.45) is 11.8 Å². The van der Waals surface area contributed by atoms with E-state index in [4.69, 9.17) is 0 Å². The summed E-state index contributed by atoms with van der Waals surface area (Å²) in [4.78, 5) is 0. The van der Waals surface area contributed by atoms with Crippen LogP contribution in [-0.4, -0.2) is 11.2 Å². The fourth-order valence-electron chi connectivity index (χ4n) is 1.76. The quantitative estimate of drug-likeness (QED) is 0.510. The number of hydrogen-bond acceptors (Lipinski definition) is 1. The molecule has 0 saturated carbocycles. The average molecular weight is 140 g/mol. The van der Waals surface area contributed by atoms with Crippen LogP contribution in [0.2, 0.25) is 0 Å². The summed E-state index contributed by atoms with van der Waals surface area (Å²) in [5.74, 6) is 0.795. The van der Waals surface area contributed by atoms with E-state index in [9.17, 15) is 5.11 Å². The van der Waals surface area contributed by atoms with Gasteiger partial charge in [0.1, 0.15) is 0 Å². The molecule has 1 aliphatic carbocycles. The highest BCUT2D eigenvalue weighted by Gasteiger charge is 2.23. The van der Waals surface area contributed by atoms with Crippen molar-refractivity contribution in [3.8, 4) is 0 Å². The molecule has 1 nitrogen and oxygen atoms in total. The third-order valence-electron chi connectivity index (χ3n) is 2.31. The molecule has 0 saturated heterocycles. The molecule has 0 amide bonds. The third kappa shape index (κ3) is 1.40. The minimum atomic E-state index is -0.122. The lowest BCUT2D eigenvalue weighted by atomic mass is 9.82. The highest BCUT2D eigenvalue weighted by molar-refractivity contribution is 5.08. The molecule has 0 aromatic heterocycles. The van der Waals surface area contributed by atoms with Gasteiger partial charge >= 0.3 is 0 Å². The van der Waals surface area contributed by atoms with Crippen molar-refractivity contribution < 1.29 is 5.11 Å². The maximum absolute atomic E-state index is 9.52. The molecular weight excluding hydrogens is 124 g/mol. The molecule has 0 spiro atoms. The van der Waals surface area contributed by atoms with Gasteiger partial charge in [0.25, 0.3) is 0 Å². The van der Waals surface area contributed by atoms with E-state index in [-0.39, 0.29) is 6.10 Å². The Bertz CT molecular complexity index is 149. The maximum atomic E-state index is 9.52. The van der Waals surface area contributed by atoms with Crippen molar-refractivity contribution in [2.75, 3.05) is 0 Å². The SMILES string of the molecule is CC1=CC(C)C(O)C(C)C1. The summed E-state index contributed by atoms with van der Waals surface area (Å²) >= 11 is 0. The fraction of sp³-hybridized carbons (Fsp3) is 0.778. The van der Waals surface area contributed by atoms with Crippen LogP contribution >= 0.6 is 0 Å². The van der Waals surface area contributed by atoms with Gasteiger partial charge in [-0.15, -0.1) is 0 Å². The Morgan fingerprint density at radius 1 is 1.50 bits per heavy atom. The Morgan fingerprint density at radius 3 is 2.60 bits per heavy atom. The second kappa shape index (κ2) is 2.75. The largest absolute Gasteiger partial charge is 0.392 e. The van der Waals surface area contributed by atoms with E-state index in [1.165, 1.54) is 5.57 Å². The van der Waals surface area contributed by atoms with Gasteiger partial charge in [0.05, 0.1) is 6.10 Å². The number of rotatable bonds is 0. The highest BCUT2D eigenvalue weighted by Crippen LogP contribution is 2.27. The molecule has 0 fully saturated rings. The summed E-state index contributed by atoms with van der Waals surface area (Å²) in [5, 5.41) is 9.52. The Kier molecular flexibility index (Phi) is 2.14. The van der Waals surface area contributed by atoms with Gasteiger partial charge in [-0.1, -0.05) is 25.5 Å². The van der Waals surface area contributed by atoms with E-state index in [2.05, 4.69) is 26.8 Å². The first kappa shape index (κ1) is 7.80. The zero-order valence-electron chi connectivity index (χ0n) is 6.96. The lowest BCUT2D eigenvalue weighted by Gasteiger charge is -2.28. The van der Waals surface area contributed by atoms with E-state index >= 15 is 0 Å². The second-order valence-corrected chi connectivity index (χ2v) is 3.54. The molecule has 3 atom stereocenters. The van der Waals surface area contributed by atoms with E-state index < -0.39 is 0 Å². The third-order valence-corrected chi connectivity index (χ3v) is 2.31. The molecule has 1 heteroatoms. The van der Waals surface area contributed by atoms with Crippen molar-refractivity contribution >= 4 is 0 Å². The van der Waals surface area contributed by atoms with Crippen molar-refractivity contribution in [1.29, 1.82) is 0 Å². The molecule has 1 N–H and O–H groups in total. The van der Waals surface area contributed by atoms with Crippen LogP contribution in [0.4, 0.5) is 0 Å². The van der Waals surface area contributed by atoms with Gasteiger partial charge in [-0.25, -0.2) is 0 Å². The molecule has 0 heterocycles. The lowest BCUT2D eigenvalue weighted by molar-refractivity contribution is 0.0755. The van der Waals surface area contributed by atoms with Crippen LogP contribution in [0.25, 0.3) is 0 Å². The standard InChI is InChI=1S/C9H16O/c1-6-4-7(2)9(10)8(3)5-6/h4,7-10H,5H2,1-3H3. The summed E-state index contributed by atoms with van der Waals surface area (Å²) in [6.45, 7) is 6.32. The van der Waals surface area contributed by atoms with Gasteiger partial charge in [-0.05, 0) is 19.3 Å². The average Bonchev–Trinajstić information content (AvgIpc) is 1.82. The van der Waals surface area contributed by atoms with Crippen molar-refractivity contribution in [2.45, 2.75) is 33.3 Å². The molecule has 0 radical (unpaired) electrons. The van der Waals surface area contributed by atoms with E-state index in [1.54, 1.807) is 0 Å². The monoisotopic (exact) mass is 140 g/mol. The molecule has 0 bridgehead atoms. The highest BCUT2D eigenvalue weighted by atomic mass is 16.3. The zero-order valence-corrected chi connectivity index (χ0v) is 6.96. The van der Waals surface area contributed by atoms with Crippen LogP contribution in [0, 0.1) is 11.8 Å². The molecule has 3 unspecified atom stereocenters. The maximum Gasteiger partial charge on any atom is 0.0628 e. The van der Waals surface area contributed by atoms with E-state index in [1.807, 2.05) is 0 Å². The first-order valence-electron chi connectivity index (χ1n) is 3.96. The predicted octanol–water partition coefficient (Wildman–Crippen LogP) is 1.97. The minimum absolute atomic E-state index is 0.122. The number of aliphatic hydroxyl groups is 1. The van der Waals surface area contributed by atoms with Gasteiger partial charge in [-0.3, -0.25) is 0 Å². The second-order valence-electron chi connectivity index (χ2n) is 3.54. The fourth-order valence-corrected chi connectivity index (χ4v) is 1.76. The summed E-state index contributed by atoms with van der Waals surface area (Å²) in [6, 6.07) is 0. The van der Waals surface area contributed by atoms with Gasteiger partial charge in [0.15, 0.2) is 0 Å². The minimum Gasteiger partial charge on any atom is -0.392 e. The molecule has 0 aromatic carbocycles. The predicted molar refractivity (Wildman–Crippen MR) is 42.7 cm³/mol. The Hall–Kier alpha value is -0.300. The van der Waals surface area contributed by atoms with Crippen LogP contribution < -0.4 is 0 Å². The smallest absolute Gasteiger partial charge is 0.0628 e. The van der Waals surface area contributed by atoms with Crippen LogP contribution in [0.15, 0.2) is 11.6 Å². The number of aliphatic hydroxyl groups excluding tert-OH is 1. The van der Waals surface area contributed by atoms with Gasteiger partial charge in [0, 0.05) is 5.92 Å². The first-order chi connectivity index (χ1) is 4.61. The van der Waals surface area contributed by atoms with Crippen LogP contribution in [-0.2, 0) is 0 Å². The van der Waals surface area contributed by atoms with Crippen LogP contribution in [0.5, 0.6) is 0 Å². The lowest BCUT2D eigenvalue weighted by Crippen LogP contribution is -2.28. The Morgan fingerprint density at radius 2 is 2.10 bits per heavy atom.